The molecule has 1 N–H and O–H groups in total. The third-order valence-corrected chi connectivity index (χ3v) is 9.78. The molecule has 3 heterocycles. The number of hydrogen-bond donors (Lipinski definition) is 1. The van der Waals surface area contributed by atoms with E-state index in [1.54, 1.807) is 10.4 Å². The topological polar surface area (TPSA) is 95.8 Å². The Morgan fingerprint density at radius 2 is 1.83 bits per heavy atom. The minimum atomic E-state index is -3.40. The summed E-state index contributed by atoms with van der Waals surface area (Å²) in [7, 11) is -1.31. The maximum Gasteiger partial charge on any atom is 0.273 e. The lowest BCUT2D eigenvalue weighted by molar-refractivity contribution is 0.0902. The molecule has 8 nitrogen and oxygen atoms in total. The number of amides is 1. The van der Waals surface area contributed by atoms with Crippen molar-refractivity contribution in [3.05, 3.63) is 53.4 Å². The summed E-state index contributed by atoms with van der Waals surface area (Å²) in [4.78, 5) is 15.1. The predicted octanol–water partition coefficient (Wildman–Crippen LogP) is 3.03. The Morgan fingerprint density at radius 1 is 1.09 bits per heavy atom. The summed E-state index contributed by atoms with van der Waals surface area (Å²) < 4.78 is 34.2. The van der Waals surface area contributed by atoms with Gasteiger partial charge in [0.1, 0.15) is 5.76 Å². The number of nitrogens with zero attached hydrogens (tertiary/aromatic N) is 3. The molecule has 1 saturated carbocycles. The highest BCUT2D eigenvalue weighted by atomic mass is 32.2. The molecule has 1 amide bonds. The van der Waals surface area contributed by atoms with Gasteiger partial charge < -0.3 is 14.7 Å². The Bertz CT molecular complexity index is 1110. The van der Waals surface area contributed by atoms with Gasteiger partial charge in [0.25, 0.3) is 5.91 Å². The van der Waals surface area contributed by atoms with Crippen molar-refractivity contribution in [2.24, 2.45) is 5.92 Å². The van der Waals surface area contributed by atoms with Crippen LogP contribution in [-0.2, 0) is 16.4 Å². The molecule has 2 saturated heterocycles. The van der Waals surface area contributed by atoms with Gasteiger partial charge in [0, 0.05) is 30.6 Å². The Labute approximate surface area is 208 Å². The van der Waals surface area contributed by atoms with Crippen molar-refractivity contribution in [1.29, 1.82) is 0 Å². The largest absolute Gasteiger partial charge is 0.360 e. The quantitative estimate of drug-likeness (QED) is 0.599. The van der Waals surface area contributed by atoms with E-state index in [0.29, 0.717) is 37.4 Å². The third-order valence-electron chi connectivity index (χ3n) is 7.69. The molecule has 35 heavy (non-hydrogen) atoms. The van der Waals surface area contributed by atoms with Gasteiger partial charge in [-0.1, -0.05) is 35.5 Å². The summed E-state index contributed by atoms with van der Waals surface area (Å²) in [5, 5.41) is 7.05. The second-order valence-corrected chi connectivity index (χ2v) is 12.5. The van der Waals surface area contributed by atoms with Crippen molar-refractivity contribution in [2.75, 3.05) is 32.4 Å². The van der Waals surface area contributed by atoms with E-state index in [4.69, 9.17) is 4.52 Å². The Hall–Kier alpha value is -2.23. The molecule has 0 bridgehead atoms. The standard InChI is InChI=1S/C26H36N4O4S/c1-29-12-9-20(10-13-29)18-35(32,33)30-14-11-22(16-23(30)15-19-5-3-2-4-6-19)27-26(31)24-17-25(34-28-24)21-7-8-21/h2-6,17,20-23H,7-16,18H2,1H3,(H,27,31)/t22-,23-/m0/s1. The Balaban J connectivity index is 1.27. The van der Waals surface area contributed by atoms with E-state index in [9.17, 15) is 13.2 Å². The molecule has 2 aromatic rings. The number of carbonyl (C=O) groups excluding carboxylic acids is 1. The maximum absolute atomic E-state index is 13.6. The molecule has 0 unspecified atom stereocenters. The Kier molecular flexibility index (Phi) is 7.27. The first-order valence-corrected chi connectivity index (χ1v) is 14.5. The molecule has 5 rings (SSSR count). The minimum Gasteiger partial charge on any atom is -0.360 e. The van der Waals surface area contributed by atoms with Gasteiger partial charge in [0.2, 0.25) is 10.0 Å². The van der Waals surface area contributed by atoms with Crippen LogP contribution in [0.25, 0.3) is 0 Å². The summed E-state index contributed by atoms with van der Waals surface area (Å²) in [6.07, 6.45) is 5.83. The van der Waals surface area contributed by atoms with Crippen LogP contribution in [-0.4, -0.2) is 73.2 Å². The first-order valence-electron chi connectivity index (χ1n) is 12.9. The number of piperidine rings is 2. The molecule has 0 radical (unpaired) electrons. The van der Waals surface area contributed by atoms with Crippen molar-refractivity contribution in [2.45, 2.75) is 62.9 Å². The summed E-state index contributed by atoms with van der Waals surface area (Å²) in [6, 6.07) is 11.5. The second-order valence-electron chi connectivity index (χ2n) is 10.6. The fraction of sp³-hybridized carbons (Fsp3) is 0.615. The van der Waals surface area contributed by atoms with Gasteiger partial charge in [0.05, 0.1) is 5.75 Å². The molecule has 9 heteroatoms. The van der Waals surface area contributed by atoms with Crippen LogP contribution in [0.2, 0.25) is 0 Å². The SMILES string of the molecule is CN1CCC(CS(=O)(=O)N2CC[C@H](NC(=O)c3cc(C4CC4)on3)C[C@@H]2Cc2ccccc2)CC1. The van der Waals surface area contributed by atoms with E-state index in [-0.39, 0.29) is 29.7 Å². The van der Waals surface area contributed by atoms with Gasteiger partial charge in [-0.25, -0.2) is 8.42 Å². The zero-order valence-corrected chi connectivity index (χ0v) is 21.3. The normalized spacial score (nSPS) is 24.9. The summed E-state index contributed by atoms with van der Waals surface area (Å²) >= 11 is 0. The maximum atomic E-state index is 13.6. The van der Waals surface area contributed by atoms with E-state index in [1.165, 1.54) is 0 Å². The highest BCUT2D eigenvalue weighted by Gasteiger charge is 2.38. The van der Waals surface area contributed by atoms with Crippen molar-refractivity contribution < 1.29 is 17.7 Å². The molecular weight excluding hydrogens is 464 g/mol. The molecule has 190 valence electrons. The molecule has 3 aliphatic rings. The summed E-state index contributed by atoms with van der Waals surface area (Å²) in [5.41, 5.74) is 1.42. The first-order chi connectivity index (χ1) is 16.9. The molecular formula is C26H36N4O4S. The van der Waals surface area contributed by atoms with Crippen LogP contribution in [0.15, 0.2) is 40.9 Å². The third kappa shape index (κ3) is 6.13. The minimum absolute atomic E-state index is 0.105. The molecule has 2 aliphatic heterocycles. The molecule has 1 aromatic heterocycles. The van der Waals surface area contributed by atoms with Gasteiger partial charge in [0.15, 0.2) is 5.69 Å². The van der Waals surface area contributed by atoms with Crippen molar-refractivity contribution in [3.8, 4) is 0 Å². The predicted molar refractivity (Wildman–Crippen MR) is 134 cm³/mol. The van der Waals surface area contributed by atoms with Crippen molar-refractivity contribution in [3.63, 3.8) is 0 Å². The van der Waals surface area contributed by atoms with Gasteiger partial charge in [-0.15, -0.1) is 0 Å². The number of carbonyl (C=O) groups is 1. The fourth-order valence-electron chi connectivity index (χ4n) is 5.44. The van der Waals surface area contributed by atoms with Gasteiger partial charge in [-0.05, 0) is 76.6 Å². The lowest BCUT2D eigenvalue weighted by Crippen LogP contribution is -2.53. The van der Waals surface area contributed by atoms with Crippen LogP contribution in [0, 0.1) is 5.92 Å². The van der Waals surface area contributed by atoms with Crippen molar-refractivity contribution >= 4 is 15.9 Å². The molecule has 0 spiro atoms. The van der Waals surface area contributed by atoms with Gasteiger partial charge in [-0.2, -0.15) is 4.31 Å². The highest BCUT2D eigenvalue weighted by Crippen LogP contribution is 2.40. The van der Waals surface area contributed by atoms with E-state index in [2.05, 4.69) is 22.4 Å². The zero-order chi connectivity index (χ0) is 24.4. The number of sulfonamides is 1. The second kappa shape index (κ2) is 10.4. The number of benzene rings is 1. The lowest BCUT2D eigenvalue weighted by atomic mass is 9.94. The fourth-order valence-corrected chi connectivity index (χ4v) is 7.56. The average Bonchev–Trinajstić information content (AvgIpc) is 3.57. The molecule has 1 aliphatic carbocycles. The smallest absolute Gasteiger partial charge is 0.273 e. The van der Waals surface area contributed by atoms with E-state index in [1.807, 2.05) is 30.3 Å². The number of hydrogen-bond acceptors (Lipinski definition) is 6. The van der Waals surface area contributed by atoms with Crippen LogP contribution in [0.5, 0.6) is 0 Å². The van der Waals surface area contributed by atoms with Crippen LogP contribution in [0.3, 0.4) is 0 Å². The summed E-state index contributed by atoms with van der Waals surface area (Å²) in [5.74, 6) is 1.36. The summed E-state index contributed by atoms with van der Waals surface area (Å²) in [6.45, 7) is 2.32. The number of aromatic nitrogens is 1. The highest BCUT2D eigenvalue weighted by molar-refractivity contribution is 7.89. The van der Waals surface area contributed by atoms with E-state index < -0.39 is 10.0 Å². The van der Waals surface area contributed by atoms with Crippen LogP contribution in [0.4, 0.5) is 0 Å². The van der Waals surface area contributed by atoms with Crippen LogP contribution in [0.1, 0.15) is 66.3 Å². The zero-order valence-electron chi connectivity index (χ0n) is 20.4. The molecule has 3 fully saturated rings. The number of nitrogens with one attached hydrogen (secondary N) is 1. The van der Waals surface area contributed by atoms with E-state index in [0.717, 1.165) is 50.1 Å². The monoisotopic (exact) mass is 500 g/mol. The average molecular weight is 501 g/mol. The van der Waals surface area contributed by atoms with Crippen LogP contribution >= 0.6 is 0 Å². The molecule has 1 aromatic carbocycles. The lowest BCUT2D eigenvalue weighted by Gasteiger charge is -2.40. The van der Waals surface area contributed by atoms with Crippen LogP contribution < -0.4 is 5.32 Å². The Morgan fingerprint density at radius 3 is 2.54 bits per heavy atom. The number of rotatable bonds is 8. The number of likely N-dealkylation sites (tertiary alicyclic amines) is 1. The van der Waals surface area contributed by atoms with Crippen molar-refractivity contribution in [1.82, 2.24) is 19.7 Å². The van der Waals surface area contributed by atoms with Gasteiger partial charge in [-0.3, -0.25) is 4.79 Å². The first kappa shape index (κ1) is 24.5. The van der Waals surface area contributed by atoms with E-state index >= 15 is 0 Å². The molecule has 2 atom stereocenters. The van der Waals surface area contributed by atoms with Gasteiger partial charge >= 0.3 is 0 Å².